The highest BCUT2D eigenvalue weighted by molar-refractivity contribution is 7.17. The van der Waals surface area contributed by atoms with Crippen molar-refractivity contribution in [3.05, 3.63) is 101 Å². The molecule has 7 heteroatoms. The fourth-order valence-corrected chi connectivity index (χ4v) is 5.31. The largest absolute Gasteiger partial charge is 0.494 e. The summed E-state index contributed by atoms with van der Waals surface area (Å²) in [5, 5.41) is 6.31. The van der Waals surface area contributed by atoms with Crippen molar-refractivity contribution < 1.29 is 14.3 Å². The number of benzene rings is 3. The molecule has 35 heavy (non-hydrogen) atoms. The number of thiophene rings is 1. The van der Waals surface area contributed by atoms with E-state index in [1.165, 1.54) is 6.33 Å². The van der Waals surface area contributed by atoms with Gasteiger partial charge < -0.3 is 10.1 Å². The van der Waals surface area contributed by atoms with E-state index >= 15 is 0 Å². The standard InChI is InChI=1S/C28H19N3O3S/c1-2-34-18-10-7-16(8-11-18)23-14-35-28-24(23)27(29-15-30-28)31-17-9-12-21-22(13-17)26(33)20-6-4-3-5-19(20)25(21)32/h3-15H,2H2,1H3,(H,29,30,31). The first-order valence-corrected chi connectivity index (χ1v) is 12.1. The van der Waals surface area contributed by atoms with Gasteiger partial charge in [-0.3, -0.25) is 9.59 Å². The van der Waals surface area contributed by atoms with Crippen molar-refractivity contribution in [2.24, 2.45) is 0 Å². The second-order valence-corrected chi connectivity index (χ2v) is 8.96. The summed E-state index contributed by atoms with van der Waals surface area (Å²) in [6.45, 7) is 2.57. The van der Waals surface area contributed by atoms with Crippen LogP contribution in [0.2, 0.25) is 0 Å². The molecular weight excluding hydrogens is 458 g/mol. The Kier molecular flexibility index (Phi) is 5.12. The number of carbonyl (C=O) groups excluding carboxylic acids is 2. The third-order valence-corrected chi connectivity index (χ3v) is 6.92. The molecule has 0 aliphatic heterocycles. The van der Waals surface area contributed by atoms with Crippen molar-refractivity contribution >= 4 is 44.6 Å². The van der Waals surface area contributed by atoms with Gasteiger partial charge in [-0.25, -0.2) is 9.97 Å². The summed E-state index contributed by atoms with van der Waals surface area (Å²) in [5.41, 5.74) is 4.39. The molecule has 6 nitrogen and oxygen atoms in total. The van der Waals surface area contributed by atoms with Crippen molar-refractivity contribution in [1.82, 2.24) is 9.97 Å². The monoisotopic (exact) mass is 477 g/mol. The number of hydrogen-bond donors (Lipinski definition) is 1. The Labute approximate surface area is 205 Å². The molecule has 6 rings (SSSR count). The molecule has 0 fully saturated rings. The normalized spacial score (nSPS) is 12.4. The van der Waals surface area contributed by atoms with Crippen molar-refractivity contribution in [3.63, 3.8) is 0 Å². The zero-order chi connectivity index (χ0) is 23.9. The highest BCUT2D eigenvalue weighted by atomic mass is 32.1. The molecule has 0 saturated carbocycles. The van der Waals surface area contributed by atoms with Gasteiger partial charge in [0.05, 0.1) is 12.0 Å². The van der Waals surface area contributed by atoms with Crippen LogP contribution in [0.4, 0.5) is 11.5 Å². The van der Waals surface area contributed by atoms with Crippen LogP contribution in [0.25, 0.3) is 21.3 Å². The molecule has 5 aromatic rings. The third-order valence-electron chi connectivity index (χ3n) is 6.03. The third kappa shape index (κ3) is 3.57. The number of ether oxygens (including phenoxy) is 1. The molecular formula is C28H19N3O3S. The first kappa shape index (κ1) is 21.2. The summed E-state index contributed by atoms with van der Waals surface area (Å²) in [6, 6.07) is 20.1. The number of rotatable bonds is 5. The minimum absolute atomic E-state index is 0.137. The van der Waals surface area contributed by atoms with E-state index in [2.05, 4.69) is 20.7 Å². The van der Waals surface area contributed by atoms with Crippen LogP contribution < -0.4 is 10.1 Å². The van der Waals surface area contributed by atoms with Crippen LogP contribution in [0.3, 0.4) is 0 Å². The Bertz CT molecular complexity index is 1620. The lowest BCUT2D eigenvalue weighted by molar-refractivity contribution is 0.0979. The van der Waals surface area contributed by atoms with E-state index in [-0.39, 0.29) is 11.6 Å². The van der Waals surface area contributed by atoms with Crippen LogP contribution in [0, 0.1) is 0 Å². The number of nitrogens with one attached hydrogen (secondary N) is 1. The number of nitrogens with zero attached hydrogens (tertiary/aromatic N) is 2. The van der Waals surface area contributed by atoms with Gasteiger partial charge in [-0.2, -0.15) is 0 Å². The number of carbonyl (C=O) groups is 2. The molecule has 1 aliphatic carbocycles. The molecule has 2 heterocycles. The maximum atomic E-state index is 13.1. The van der Waals surface area contributed by atoms with Gasteiger partial charge >= 0.3 is 0 Å². The van der Waals surface area contributed by atoms with Gasteiger partial charge in [-0.15, -0.1) is 11.3 Å². The Morgan fingerprint density at radius 1 is 0.829 bits per heavy atom. The average Bonchev–Trinajstić information content (AvgIpc) is 3.33. The summed E-state index contributed by atoms with van der Waals surface area (Å²) in [5.74, 6) is 1.16. The molecule has 3 aromatic carbocycles. The molecule has 0 amide bonds. The van der Waals surface area contributed by atoms with Gasteiger partial charge in [0.25, 0.3) is 0 Å². The Balaban J connectivity index is 1.39. The molecule has 0 spiro atoms. The van der Waals surface area contributed by atoms with E-state index in [1.807, 2.05) is 31.2 Å². The van der Waals surface area contributed by atoms with E-state index in [1.54, 1.807) is 53.8 Å². The lowest BCUT2D eigenvalue weighted by atomic mass is 9.84. The quantitative estimate of drug-likeness (QED) is 0.315. The Morgan fingerprint density at radius 3 is 2.29 bits per heavy atom. The van der Waals surface area contributed by atoms with E-state index in [9.17, 15) is 9.59 Å². The summed E-state index contributed by atoms with van der Waals surface area (Å²) in [4.78, 5) is 35.8. The van der Waals surface area contributed by atoms with E-state index < -0.39 is 0 Å². The van der Waals surface area contributed by atoms with Gasteiger partial charge in [-0.1, -0.05) is 36.4 Å². The van der Waals surface area contributed by atoms with Gasteiger partial charge in [-0.05, 0) is 42.8 Å². The fraction of sp³-hybridized carbons (Fsp3) is 0.0714. The summed E-state index contributed by atoms with van der Waals surface area (Å²) >= 11 is 1.54. The van der Waals surface area contributed by atoms with Gasteiger partial charge in [0.2, 0.25) is 0 Å². The first-order valence-electron chi connectivity index (χ1n) is 11.2. The van der Waals surface area contributed by atoms with E-state index in [4.69, 9.17) is 4.74 Å². The zero-order valence-electron chi connectivity index (χ0n) is 18.7. The van der Waals surface area contributed by atoms with Crippen LogP contribution in [0.5, 0.6) is 5.75 Å². The minimum atomic E-state index is -0.155. The van der Waals surface area contributed by atoms with Crippen molar-refractivity contribution in [3.8, 4) is 16.9 Å². The molecule has 0 atom stereocenters. The van der Waals surface area contributed by atoms with Crippen molar-refractivity contribution in [2.45, 2.75) is 6.92 Å². The molecule has 0 saturated heterocycles. The highest BCUT2D eigenvalue weighted by Crippen LogP contribution is 2.38. The van der Waals surface area contributed by atoms with Crippen LogP contribution in [-0.2, 0) is 0 Å². The minimum Gasteiger partial charge on any atom is -0.494 e. The van der Waals surface area contributed by atoms with Gasteiger partial charge in [0, 0.05) is 38.9 Å². The highest BCUT2D eigenvalue weighted by Gasteiger charge is 2.29. The number of hydrogen-bond acceptors (Lipinski definition) is 7. The van der Waals surface area contributed by atoms with Crippen LogP contribution in [0.1, 0.15) is 38.8 Å². The van der Waals surface area contributed by atoms with Gasteiger partial charge in [0.15, 0.2) is 11.6 Å². The van der Waals surface area contributed by atoms with Crippen LogP contribution >= 0.6 is 11.3 Å². The number of anilines is 2. The topological polar surface area (TPSA) is 81.2 Å². The maximum absolute atomic E-state index is 13.1. The lowest BCUT2D eigenvalue weighted by Gasteiger charge is -2.18. The maximum Gasteiger partial charge on any atom is 0.194 e. The average molecular weight is 478 g/mol. The summed E-state index contributed by atoms with van der Waals surface area (Å²) in [6.07, 6.45) is 1.52. The van der Waals surface area contributed by atoms with Crippen molar-refractivity contribution in [1.29, 1.82) is 0 Å². The number of aromatic nitrogens is 2. The number of fused-ring (bicyclic) bond motifs is 3. The van der Waals surface area contributed by atoms with E-state index in [0.29, 0.717) is 40.4 Å². The second-order valence-electron chi connectivity index (χ2n) is 8.10. The summed E-state index contributed by atoms with van der Waals surface area (Å²) in [7, 11) is 0. The lowest BCUT2D eigenvalue weighted by Crippen LogP contribution is -2.20. The second kappa shape index (κ2) is 8.45. The van der Waals surface area contributed by atoms with E-state index in [0.717, 1.165) is 27.1 Å². The first-order chi connectivity index (χ1) is 17.1. The molecule has 0 radical (unpaired) electrons. The molecule has 170 valence electrons. The predicted octanol–water partition coefficient (Wildman–Crippen LogP) is 6.28. The molecule has 2 aromatic heterocycles. The number of ketones is 2. The predicted molar refractivity (Wildman–Crippen MR) is 137 cm³/mol. The van der Waals surface area contributed by atoms with Crippen molar-refractivity contribution in [2.75, 3.05) is 11.9 Å². The van der Waals surface area contributed by atoms with Crippen LogP contribution in [-0.4, -0.2) is 28.1 Å². The molecule has 0 bridgehead atoms. The fourth-order valence-electron chi connectivity index (χ4n) is 4.39. The molecule has 0 unspecified atom stereocenters. The smallest absolute Gasteiger partial charge is 0.194 e. The molecule has 1 N–H and O–H groups in total. The van der Waals surface area contributed by atoms with Gasteiger partial charge in [0.1, 0.15) is 22.7 Å². The Morgan fingerprint density at radius 2 is 1.54 bits per heavy atom. The zero-order valence-corrected chi connectivity index (χ0v) is 19.6. The van der Waals surface area contributed by atoms with Crippen LogP contribution in [0.15, 0.2) is 78.4 Å². The summed E-state index contributed by atoms with van der Waals surface area (Å²) < 4.78 is 5.57. The SMILES string of the molecule is CCOc1ccc(-c2csc3ncnc(Nc4ccc5c(c4)C(=O)c4ccccc4C5=O)c23)cc1. The molecule has 1 aliphatic rings. The Hall–Kier alpha value is -4.36.